The summed E-state index contributed by atoms with van der Waals surface area (Å²) in [5.74, 6) is 0.840. The molecule has 3 fully saturated rings. The molecule has 2 atom stereocenters. The van der Waals surface area contributed by atoms with Crippen LogP contribution in [0.25, 0.3) is 0 Å². The summed E-state index contributed by atoms with van der Waals surface area (Å²) in [6.45, 7) is 9.33. The summed E-state index contributed by atoms with van der Waals surface area (Å²) in [5, 5.41) is 0. The Morgan fingerprint density at radius 3 is 2.47 bits per heavy atom. The Morgan fingerprint density at radius 2 is 1.88 bits per heavy atom. The standard InChI is InChI=1S/C15H24OS/c1-11-13(2,3)12-7-10-15(11,17-16-4)14(12)8-5-6-9-14/h12H,1,5-10H2,2-4H3/t12-,15-/m0/s1. The molecule has 0 aromatic carbocycles. The van der Waals surface area contributed by atoms with Gasteiger partial charge in [-0.05, 0) is 42.4 Å². The first-order chi connectivity index (χ1) is 8.01. The van der Waals surface area contributed by atoms with E-state index in [1.807, 2.05) is 7.11 Å². The minimum Gasteiger partial charge on any atom is -0.318 e. The number of rotatable bonds is 2. The van der Waals surface area contributed by atoms with E-state index in [0.717, 1.165) is 5.92 Å². The van der Waals surface area contributed by atoms with Gasteiger partial charge in [-0.25, -0.2) is 0 Å². The molecular formula is C15H24OS. The van der Waals surface area contributed by atoms with E-state index in [1.54, 1.807) is 12.0 Å². The summed E-state index contributed by atoms with van der Waals surface area (Å²) in [5.41, 5.74) is 2.29. The lowest BCUT2D eigenvalue weighted by molar-refractivity contribution is 0.154. The van der Waals surface area contributed by atoms with Crippen LogP contribution >= 0.6 is 12.0 Å². The summed E-state index contributed by atoms with van der Waals surface area (Å²) in [7, 11) is 1.83. The van der Waals surface area contributed by atoms with Crippen LogP contribution in [0.2, 0.25) is 0 Å². The lowest BCUT2D eigenvalue weighted by Gasteiger charge is -2.39. The fourth-order valence-electron chi connectivity index (χ4n) is 5.46. The Balaban J connectivity index is 2.12. The molecule has 0 aromatic heterocycles. The van der Waals surface area contributed by atoms with Gasteiger partial charge in [0.05, 0.1) is 11.9 Å². The van der Waals surface area contributed by atoms with Crippen LogP contribution in [0.1, 0.15) is 52.4 Å². The second-order valence-electron chi connectivity index (χ2n) is 6.73. The van der Waals surface area contributed by atoms with Crippen molar-refractivity contribution in [2.24, 2.45) is 16.7 Å². The van der Waals surface area contributed by atoms with Crippen LogP contribution in [0.3, 0.4) is 0 Å². The van der Waals surface area contributed by atoms with Crippen molar-refractivity contribution < 1.29 is 4.18 Å². The van der Waals surface area contributed by atoms with Crippen molar-refractivity contribution >= 4 is 12.0 Å². The molecule has 1 spiro atoms. The maximum atomic E-state index is 5.55. The lowest BCUT2D eigenvalue weighted by atomic mass is 9.70. The van der Waals surface area contributed by atoms with Gasteiger partial charge in [0.2, 0.25) is 0 Å². The van der Waals surface area contributed by atoms with Crippen LogP contribution in [0.4, 0.5) is 0 Å². The van der Waals surface area contributed by atoms with Crippen molar-refractivity contribution in [3.63, 3.8) is 0 Å². The molecule has 3 aliphatic carbocycles. The Bertz CT molecular complexity index is 354. The fourth-order valence-corrected chi connectivity index (χ4v) is 6.83. The smallest absolute Gasteiger partial charge is 0.0692 e. The first-order valence-electron chi connectivity index (χ1n) is 6.93. The van der Waals surface area contributed by atoms with Crippen molar-refractivity contribution in [1.82, 2.24) is 0 Å². The second-order valence-corrected chi connectivity index (χ2v) is 7.93. The second kappa shape index (κ2) is 3.54. The van der Waals surface area contributed by atoms with Gasteiger partial charge in [0.25, 0.3) is 0 Å². The van der Waals surface area contributed by atoms with Crippen molar-refractivity contribution in [2.75, 3.05) is 7.11 Å². The van der Waals surface area contributed by atoms with E-state index in [9.17, 15) is 0 Å². The van der Waals surface area contributed by atoms with Gasteiger partial charge in [-0.2, -0.15) is 0 Å². The summed E-state index contributed by atoms with van der Waals surface area (Å²) >= 11 is 1.73. The minimum absolute atomic E-state index is 0.229. The summed E-state index contributed by atoms with van der Waals surface area (Å²) in [4.78, 5) is 0. The summed E-state index contributed by atoms with van der Waals surface area (Å²) in [6, 6.07) is 0. The van der Waals surface area contributed by atoms with Crippen molar-refractivity contribution in [3.05, 3.63) is 12.2 Å². The molecule has 0 saturated heterocycles. The Labute approximate surface area is 110 Å². The molecule has 17 heavy (non-hydrogen) atoms. The van der Waals surface area contributed by atoms with E-state index in [4.69, 9.17) is 4.18 Å². The molecule has 2 bridgehead atoms. The van der Waals surface area contributed by atoms with Crippen LogP contribution in [-0.2, 0) is 4.18 Å². The van der Waals surface area contributed by atoms with Crippen molar-refractivity contribution in [1.29, 1.82) is 0 Å². The number of hydrogen-bond acceptors (Lipinski definition) is 2. The molecule has 0 N–H and O–H groups in total. The zero-order valence-electron chi connectivity index (χ0n) is 11.3. The molecule has 2 heteroatoms. The third-order valence-corrected chi connectivity index (χ3v) is 7.42. The number of hydrogen-bond donors (Lipinski definition) is 0. The molecule has 1 nitrogen and oxygen atoms in total. The largest absolute Gasteiger partial charge is 0.318 e. The zero-order valence-corrected chi connectivity index (χ0v) is 12.2. The molecule has 3 saturated carbocycles. The highest BCUT2D eigenvalue weighted by molar-refractivity contribution is 7.96. The summed E-state index contributed by atoms with van der Waals surface area (Å²) < 4.78 is 5.78. The molecule has 3 aliphatic rings. The van der Waals surface area contributed by atoms with E-state index >= 15 is 0 Å². The Kier molecular flexibility index (Phi) is 2.52. The van der Waals surface area contributed by atoms with Gasteiger partial charge in [-0.3, -0.25) is 0 Å². The summed E-state index contributed by atoms with van der Waals surface area (Å²) in [6.07, 6.45) is 8.28. The quantitative estimate of drug-likeness (QED) is 0.525. The topological polar surface area (TPSA) is 9.23 Å². The predicted octanol–water partition coefficient (Wildman–Crippen LogP) is 4.59. The highest BCUT2D eigenvalue weighted by Gasteiger charge is 2.72. The minimum atomic E-state index is 0.229. The van der Waals surface area contributed by atoms with Crippen LogP contribution in [0.5, 0.6) is 0 Å². The first-order valence-corrected chi connectivity index (χ1v) is 7.67. The Morgan fingerprint density at radius 1 is 1.24 bits per heavy atom. The van der Waals surface area contributed by atoms with Crippen LogP contribution < -0.4 is 0 Å². The van der Waals surface area contributed by atoms with Crippen LogP contribution in [0.15, 0.2) is 12.2 Å². The average Bonchev–Trinajstić information content (AvgIpc) is 2.89. The first kappa shape index (κ1) is 12.1. The molecular weight excluding hydrogens is 228 g/mol. The third kappa shape index (κ3) is 1.17. The molecule has 0 amide bonds. The zero-order chi connectivity index (χ0) is 12.3. The van der Waals surface area contributed by atoms with E-state index in [2.05, 4.69) is 20.4 Å². The maximum Gasteiger partial charge on any atom is 0.0692 e. The van der Waals surface area contributed by atoms with Gasteiger partial charge in [0, 0.05) is 12.0 Å². The average molecular weight is 252 g/mol. The maximum absolute atomic E-state index is 5.55. The van der Waals surface area contributed by atoms with Gasteiger partial charge >= 0.3 is 0 Å². The van der Waals surface area contributed by atoms with Crippen LogP contribution in [-0.4, -0.2) is 11.9 Å². The molecule has 0 unspecified atom stereocenters. The molecule has 0 aromatic rings. The van der Waals surface area contributed by atoms with Gasteiger partial charge < -0.3 is 4.18 Å². The van der Waals surface area contributed by atoms with E-state index in [0.29, 0.717) is 10.8 Å². The van der Waals surface area contributed by atoms with E-state index < -0.39 is 0 Å². The molecule has 0 heterocycles. The monoisotopic (exact) mass is 252 g/mol. The molecule has 96 valence electrons. The van der Waals surface area contributed by atoms with Crippen molar-refractivity contribution in [3.8, 4) is 0 Å². The third-order valence-electron chi connectivity index (χ3n) is 6.11. The highest BCUT2D eigenvalue weighted by Crippen LogP contribution is 2.78. The normalized spacial score (nSPS) is 41.6. The highest BCUT2D eigenvalue weighted by atomic mass is 32.2. The van der Waals surface area contributed by atoms with Gasteiger partial charge in [0.1, 0.15) is 0 Å². The van der Waals surface area contributed by atoms with Crippen molar-refractivity contribution in [2.45, 2.75) is 57.1 Å². The van der Waals surface area contributed by atoms with Gasteiger partial charge in [-0.1, -0.05) is 38.8 Å². The predicted molar refractivity (Wildman–Crippen MR) is 73.9 cm³/mol. The molecule has 3 rings (SSSR count). The molecule has 0 radical (unpaired) electrons. The van der Waals surface area contributed by atoms with E-state index in [-0.39, 0.29) is 4.75 Å². The van der Waals surface area contributed by atoms with Crippen LogP contribution in [0, 0.1) is 16.7 Å². The Hall–Kier alpha value is 0.0500. The fraction of sp³-hybridized carbons (Fsp3) is 0.867. The lowest BCUT2D eigenvalue weighted by Crippen LogP contribution is -2.38. The SMILES string of the molecule is C=C1C(C)(C)[C@@H]2CC[C@@]1(SOC)C21CCCC1. The van der Waals surface area contributed by atoms with Gasteiger partial charge in [0.15, 0.2) is 0 Å². The van der Waals surface area contributed by atoms with Gasteiger partial charge in [-0.15, -0.1) is 0 Å². The van der Waals surface area contributed by atoms with E-state index in [1.165, 1.54) is 44.1 Å². The molecule has 0 aliphatic heterocycles.